The Morgan fingerprint density at radius 3 is 2.29 bits per heavy atom. The van der Waals surface area contributed by atoms with Gasteiger partial charge in [0, 0.05) is 50.3 Å². The number of ether oxygens (including phenoxy) is 5. The van der Waals surface area contributed by atoms with Gasteiger partial charge in [-0.25, -0.2) is 9.59 Å². The third-order valence-electron chi connectivity index (χ3n) is 11.5. The summed E-state index contributed by atoms with van der Waals surface area (Å²) in [5.74, 6) is -3.47. The van der Waals surface area contributed by atoms with Crippen molar-refractivity contribution in [2.24, 2.45) is 10.8 Å². The molecule has 15 heteroatoms. The Balaban J connectivity index is 1.22. The van der Waals surface area contributed by atoms with Crippen molar-refractivity contribution < 1.29 is 57.6 Å². The molecule has 1 aliphatic carbocycles. The highest BCUT2D eigenvalue weighted by Crippen LogP contribution is 2.58. The van der Waals surface area contributed by atoms with Crippen molar-refractivity contribution in [1.82, 2.24) is 15.7 Å². The molecule has 4 saturated heterocycles. The minimum Gasteiger partial charge on any atom is -0.462 e. The first kappa shape index (κ1) is 41.7. The lowest BCUT2D eigenvalue weighted by Gasteiger charge is -2.48. The second kappa shape index (κ2) is 17.7. The van der Waals surface area contributed by atoms with Gasteiger partial charge >= 0.3 is 17.9 Å². The zero-order valence-corrected chi connectivity index (χ0v) is 32.9. The number of esters is 3. The lowest BCUT2D eigenvalue weighted by atomic mass is 9.62. The fraction of sp³-hybridized carbons (Fsp3) is 0.683. The molecule has 7 atom stereocenters. The van der Waals surface area contributed by atoms with Crippen LogP contribution in [0.25, 0.3) is 6.08 Å². The molecule has 7 unspecified atom stereocenters. The molecule has 4 aliphatic heterocycles. The van der Waals surface area contributed by atoms with E-state index < -0.39 is 77.0 Å². The van der Waals surface area contributed by atoms with Gasteiger partial charge in [-0.2, -0.15) is 5.06 Å². The quantitative estimate of drug-likeness (QED) is 0.0804. The van der Waals surface area contributed by atoms with E-state index in [1.165, 1.54) is 11.1 Å². The molecule has 6 rings (SSSR count). The highest BCUT2D eigenvalue weighted by Gasteiger charge is 2.76. The summed E-state index contributed by atoms with van der Waals surface area (Å²) in [4.78, 5) is 72.1. The highest BCUT2D eigenvalue weighted by molar-refractivity contribution is 5.94. The number of hydrogen-bond acceptors (Lipinski definition) is 13. The summed E-state index contributed by atoms with van der Waals surface area (Å²) < 4.78 is 30.3. The van der Waals surface area contributed by atoms with Gasteiger partial charge < -0.3 is 39.4 Å². The summed E-state index contributed by atoms with van der Waals surface area (Å²) >= 11 is 0. The maximum absolute atomic E-state index is 14.5. The molecule has 5 aliphatic rings. The number of rotatable bonds is 19. The van der Waals surface area contributed by atoms with Crippen LogP contribution in [0.1, 0.15) is 103 Å². The molecule has 15 nitrogen and oxygen atoms in total. The molecule has 2 bridgehead atoms. The zero-order chi connectivity index (χ0) is 40.1. The minimum atomic E-state index is -1.39. The van der Waals surface area contributed by atoms with Crippen LogP contribution in [0.15, 0.2) is 30.3 Å². The number of amides is 2. The Kier molecular flexibility index (Phi) is 13.2. The molecule has 1 aromatic carbocycles. The van der Waals surface area contributed by atoms with E-state index in [2.05, 4.69) is 24.5 Å². The van der Waals surface area contributed by atoms with Crippen LogP contribution in [-0.2, 0) is 59.0 Å². The van der Waals surface area contributed by atoms with Crippen LogP contribution in [0.2, 0.25) is 0 Å². The first-order valence-corrected chi connectivity index (χ1v) is 20.2. The summed E-state index contributed by atoms with van der Waals surface area (Å²) in [6, 6.07) is 6.13. The molecule has 2 amide bonds. The molecule has 56 heavy (non-hydrogen) atoms. The maximum Gasteiger partial charge on any atom is 0.348 e. The standard InChI is InChI=1S/C41H57N3O12/c1-5-7-9-18-40(19-10-8-6-2)54-31-28-23-41(38(50)43-20-17-29(46)42-21-22-45)33(36(48)52-28)44(56-34(41)32(31)55-40)24-27-13-11-26(12-14-27)15-16-30(47)53-35-37(49)51-25-39(35,3)4/h11-16,28,31-35,45H,5-10,17-25H2,1-4H3,(H,42,46)(H,43,50). The zero-order valence-electron chi connectivity index (χ0n) is 32.9. The predicted molar refractivity (Wildman–Crippen MR) is 200 cm³/mol. The normalized spacial score (nSPS) is 29.8. The number of carbonyl (C=O) groups is 5. The fourth-order valence-corrected chi connectivity index (χ4v) is 8.60. The monoisotopic (exact) mass is 783 g/mol. The summed E-state index contributed by atoms with van der Waals surface area (Å²) in [6.07, 6.45) is 6.29. The van der Waals surface area contributed by atoms with Crippen LogP contribution >= 0.6 is 0 Å². The number of cyclic esters (lactones) is 1. The van der Waals surface area contributed by atoms with Gasteiger partial charge in [0.1, 0.15) is 36.4 Å². The van der Waals surface area contributed by atoms with Gasteiger partial charge in [0.2, 0.25) is 17.9 Å². The number of nitrogens with zero attached hydrogens (tertiary/aromatic N) is 1. The van der Waals surface area contributed by atoms with Crippen LogP contribution < -0.4 is 10.6 Å². The van der Waals surface area contributed by atoms with E-state index in [0.29, 0.717) is 18.4 Å². The number of hydroxylamine groups is 2. The Hall–Kier alpha value is -3.89. The summed E-state index contributed by atoms with van der Waals surface area (Å²) in [7, 11) is 0. The van der Waals surface area contributed by atoms with Gasteiger partial charge in [-0.15, -0.1) is 0 Å². The number of hydrogen-bond donors (Lipinski definition) is 3. The van der Waals surface area contributed by atoms with Gasteiger partial charge in [0.25, 0.3) is 0 Å². The van der Waals surface area contributed by atoms with Gasteiger partial charge in [0.15, 0.2) is 11.8 Å². The number of carbonyl (C=O) groups excluding carboxylic acids is 5. The summed E-state index contributed by atoms with van der Waals surface area (Å²) in [5.41, 5.74) is -0.559. The maximum atomic E-state index is 14.5. The topological polar surface area (TPSA) is 188 Å². The third-order valence-corrected chi connectivity index (χ3v) is 11.5. The number of nitrogens with one attached hydrogen (secondary N) is 2. The van der Waals surface area contributed by atoms with E-state index in [9.17, 15) is 24.0 Å². The lowest BCUT2D eigenvalue weighted by molar-refractivity contribution is -0.224. The van der Waals surface area contributed by atoms with Crippen LogP contribution in [-0.4, -0.2) is 109 Å². The highest BCUT2D eigenvalue weighted by atomic mass is 16.8. The first-order valence-electron chi connectivity index (χ1n) is 20.2. The van der Waals surface area contributed by atoms with E-state index in [-0.39, 0.29) is 51.6 Å². The molecule has 5 fully saturated rings. The second-order valence-corrected chi connectivity index (χ2v) is 16.3. The SMILES string of the molecule is CCCCCC1(CCCCC)OC2C3CC4(C(=O)NCCC(=O)NCCO)C(ON(Cc5ccc(C=CC(=O)OC6C(=O)OCC6(C)C)cc5)C4C(=O)O3)C2O1. The van der Waals surface area contributed by atoms with Gasteiger partial charge in [0.05, 0.1) is 13.2 Å². The van der Waals surface area contributed by atoms with Crippen LogP contribution in [0, 0.1) is 10.8 Å². The van der Waals surface area contributed by atoms with Crippen molar-refractivity contribution in [3.05, 3.63) is 41.5 Å². The summed E-state index contributed by atoms with van der Waals surface area (Å²) in [5, 5.41) is 16.1. The van der Waals surface area contributed by atoms with Gasteiger partial charge in [-0.05, 0) is 30.0 Å². The fourth-order valence-electron chi connectivity index (χ4n) is 8.60. The van der Waals surface area contributed by atoms with Crippen molar-refractivity contribution in [2.75, 3.05) is 26.3 Å². The van der Waals surface area contributed by atoms with Gasteiger partial charge in [-0.3, -0.25) is 19.2 Å². The van der Waals surface area contributed by atoms with Crippen molar-refractivity contribution >= 4 is 35.8 Å². The molecule has 0 aromatic heterocycles. The molecule has 0 spiro atoms. The minimum absolute atomic E-state index is 0.0111. The molecule has 308 valence electrons. The Labute approximate surface area is 328 Å². The second-order valence-electron chi connectivity index (χ2n) is 16.3. The van der Waals surface area contributed by atoms with Gasteiger partial charge in [-0.1, -0.05) is 77.6 Å². The van der Waals surface area contributed by atoms with Crippen LogP contribution in [0.3, 0.4) is 0 Å². The molecule has 1 saturated carbocycles. The van der Waals surface area contributed by atoms with Crippen molar-refractivity contribution in [3.8, 4) is 0 Å². The van der Waals surface area contributed by atoms with E-state index in [1.54, 1.807) is 32.1 Å². The Morgan fingerprint density at radius 2 is 1.64 bits per heavy atom. The Morgan fingerprint density at radius 1 is 0.946 bits per heavy atom. The Bertz CT molecular complexity index is 1620. The summed E-state index contributed by atoms with van der Waals surface area (Å²) in [6.45, 7) is 8.10. The van der Waals surface area contributed by atoms with E-state index >= 15 is 0 Å². The molecular formula is C41H57N3O12. The van der Waals surface area contributed by atoms with Crippen molar-refractivity contribution in [3.63, 3.8) is 0 Å². The molecule has 4 heterocycles. The molecule has 3 N–H and O–H groups in total. The number of aliphatic hydroxyl groups is 1. The number of fused-ring (bicyclic) bond motifs is 4. The smallest absolute Gasteiger partial charge is 0.348 e. The average molecular weight is 784 g/mol. The van der Waals surface area contributed by atoms with E-state index in [0.717, 1.165) is 44.1 Å². The number of aliphatic hydroxyl groups excluding tert-OH is 1. The molecule has 0 radical (unpaired) electrons. The third kappa shape index (κ3) is 8.66. The molecule has 1 aromatic rings. The number of benzene rings is 1. The predicted octanol–water partition coefficient (Wildman–Crippen LogP) is 3.25. The van der Waals surface area contributed by atoms with E-state index in [1.807, 2.05) is 12.1 Å². The lowest BCUT2D eigenvalue weighted by Crippen LogP contribution is -2.69. The van der Waals surface area contributed by atoms with Crippen molar-refractivity contribution in [1.29, 1.82) is 0 Å². The van der Waals surface area contributed by atoms with Crippen LogP contribution in [0.4, 0.5) is 0 Å². The molecular weight excluding hydrogens is 726 g/mol. The first-order chi connectivity index (χ1) is 26.9. The van der Waals surface area contributed by atoms with Crippen LogP contribution in [0.5, 0.6) is 0 Å². The number of unbranched alkanes of at least 4 members (excludes halogenated alkanes) is 4. The largest absolute Gasteiger partial charge is 0.462 e. The average Bonchev–Trinajstić information content (AvgIpc) is 3.81. The van der Waals surface area contributed by atoms with E-state index in [4.69, 9.17) is 33.6 Å². The van der Waals surface area contributed by atoms with Crippen molar-refractivity contribution in [2.45, 2.75) is 141 Å².